The largest absolute Gasteiger partial charge is 0.458 e. The lowest BCUT2D eigenvalue weighted by molar-refractivity contribution is -0.139. The molecule has 0 fully saturated rings. The van der Waals surface area contributed by atoms with Gasteiger partial charge in [-0.25, -0.2) is 5.43 Å². The van der Waals surface area contributed by atoms with E-state index in [1.54, 1.807) is 0 Å². The standard InChI is InChI=1S/C19H19Cl2N5O6/c1-31-5-4-22-17(28)19(30)26-24-10-15-3-2-14(32-15)9-23-16(27)18(29)25-13-7-11(20)6-12(21)8-13/h2-3,6-8,10H,4-5,9H2,1H3,(H,22,28)(H,23,27)(H,25,29)(H,26,30)/b24-10+. The molecule has 0 saturated heterocycles. The predicted octanol–water partition coefficient (Wildman–Crippen LogP) is 1.05. The molecule has 170 valence electrons. The van der Waals surface area contributed by atoms with Crippen molar-refractivity contribution in [1.82, 2.24) is 16.1 Å². The lowest BCUT2D eigenvalue weighted by atomic mass is 10.3. The van der Waals surface area contributed by atoms with Gasteiger partial charge in [0.25, 0.3) is 0 Å². The zero-order valence-electron chi connectivity index (χ0n) is 16.7. The highest BCUT2D eigenvalue weighted by molar-refractivity contribution is 6.40. The maximum Gasteiger partial charge on any atom is 0.329 e. The van der Waals surface area contributed by atoms with Gasteiger partial charge in [0.1, 0.15) is 11.5 Å². The molecule has 1 heterocycles. The maximum absolute atomic E-state index is 12.0. The summed E-state index contributed by atoms with van der Waals surface area (Å²) in [7, 11) is 1.46. The Morgan fingerprint density at radius 3 is 2.38 bits per heavy atom. The first kappa shape index (κ1) is 24.9. The molecule has 11 nitrogen and oxygen atoms in total. The fourth-order valence-electron chi connectivity index (χ4n) is 2.17. The van der Waals surface area contributed by atoms with Gasteiger partial charge in [-0.3, -0.25) is 19.2 Å². The van der Waals surface area contributed by atoms with Crippen molar-refractivity contribution in [3.63, 3.8) is 0 Å². The van der Waals surface area contributed by atoms with E-state index >= 15 is 0 Å². The van der Waals surface area contributed by atoms with Crippen molar-refractivity contribution in [2.75, 3.05) is 25.6 Å². The minimum absolute atomic E-state index is 0.0787. The fourth-order valence-corrected chi connectivity index (χ4v) is 2.70. The molecule has 0 aliphatic heterocycles. The predicted molar refractivity (Wildman–Crippen MR) is 116 cm³/mol. The number of ether oxygens (including phenoxy) is 1. The summed E-state index contributed by atoms with van der Waals surface area (Å²) in [6, 6.07) is 7.43. The third kappa shape index (κ3) is 8.38. The van der Waals surface area contributed by atoms with Crippen LogP contribution in [0.25, 0.3) is 0 Å². The summed E-state index contributed by atoms with van der Waals surface area (Å²) in [5.74, 6) is -3.07. The number of rotatable bonds is 8. The molecule has 0 radical (unpaired) electrons. The number of methoxy groups -OCH3 is 1. The van der Waals surface area contributed by atoms with Gasteiger partial charge in [-0.05, 0) is 30.3 Å². The van der Waals surface area contributed by atoms with E-state index in [0.717, 1.165) is 0 Å². The second kappa shape index (κ2) is 12.4. The van der Waals surface area contributed by atoms with Gasteiger partial charge in [0.05, 0.1) is 19.4 Å². The highest BCUT2D eigenvalue weighted by Crippen LogP contribution is 2.22. The van der Waals surface area contributed by atoms with E-state index < -0.39 is 23.6 Å². The van der Waals surface area contributed by atoms with Gasteiger partial charge >= 0.3 is 23.6 Å². The smallest absolute Gasteiger partial charge is 0.329 e. The number of anilines is 1. The Kier molecular flexibility index (Phi) is 9.67. The zero-order valence-corrected chi connectivity index (χ0v) is 18.2. The van der Waals surface area contributed by atoms with E-state index in [4.69, 9.17) is 32.4 Å². The number of amides is 4. The van der Waals surface area contributed by atoms with Crippen molar-refractivity contribution in [2.24, 2.45) is 5.10 Å². The average molecular weight is 484 g/mol. The van der Waals surface area contributed by atoms with Crippen LogP contribution in [0.15, 0.2) is 39.9 Å². The molecule has 0 aliphatic rings. The molecule has 4 N–H and O–H groups in total. The summed E-state index contributed by atoms with van der Waals surface area (Å²) in [5, 5.41) is 11.3. The van der Waals surface area contributed by atoms with Crippen LogP contribution in [0.5, 0.6) is 0 Å². The molecular formula is C19H19Cl2N5O6. The molecule has 0 spiro atoms. The second-order valence-corrected chi connectivity index (χ2v) is 6.92. The van der Waals surface area contributed by atoms with Crippen LogP contribution in [0.3, 0.4) is 0 Å². The monoisotopic (exact) mass is 483 g/mol. The first-order valence-electron chi connectivity index (χ1n) is 9.02. The summed E-state index contributed by atoms with van der Waals surface area (Å²) < 4.78 is 10.1. The average Bonchev–Trinajstić information content (AvgIpc) is 3.18. The van der Waals surface area contributed by atoms with Gasteiger partial charge in [0.15, 0.2) is 0 Å². The first-order valence-corrected chi connectivity index (χ1v) is 9.78. The molecular weight excluding hydrogens is 465 g/mol. The number of hydrazone groups is 1. The number of nitrogens with one attached hydrogen (secondary N) is 4. The SMILES string of the molecule is COCCNC(=O)C(=O)N/N=C/c1ccc(CNC(=O)C(=O)Nc2cc(Cl)cc(Cl)c2)o1. The number of carbonyl (C=O) groups is 4. The van der Waals surface area contributed by atoms with E-state index in [1.807, 2.05) is 5.43 Å². The lowest BCUT2D eigenvalue weighted by Crippen LogP contribution is -2.39. The summed E-state index contributed by atoms with van der Waals surface area (Å²) in [6.45, 7) is 0.375. The molecule has 0 unspecified atom stereocenters. The van der Waals surface area contributed by atoms with Crippen molar-refractivity contribution >= 4 is 58.7 Å². The van der Waals surface area contributed by atoms with Crippen molar-refractivity contribution in [2.45, 2.75) is 6.54 Å². The summed E-state index contributed by atoms with van der Waals surface area (Å²) >= 11 is 11.7. The molecule has 2 rings (SSSR count). The minimum atomic E-state index is -0.955. The van der Waals surface area contributed by atoms with Gasteiger partial charge in [0.2, 0.25) is 0 Å². The molecule has 13 heteroatoms. The van der Waals surface area contributed by atoms with Crippen LogP contribution in [0.2, 0.25) is 10.0 Å². The van der Waals surface area contributed by atoms with Crippen molar-refractivity contribution < 1.29 is 28.3 Å². The highest BCUT2D eigenvalue weighted by Gasteiger charge is 2.15. The van der Waals surface area contributed by atoms with Crippen LogP contribution in [0, 0.1) is 0 Å². The second-order valence-electron chi connectivity index (χ2n) is 6.05. The lowest BCUT2D eigenvalue weighted by Gasteiger charge is -2.06. The van der Waals surface area contributed by atoms with E-state index in [-0.39, 0.29) is 31.1 Å². The van der Waals surface area contributed by atoms with Crippen LogP contribution >= 0.6 is 23.2 Å². The Bertz CT molecular complexity index is 1000. The third-order valence-electron chi connectivity index (χ3n) is 3.59. The maximum atomic E-state index is 12.0. The first-order chi connectivity index (χ1) is 15.3. The Balaban J connectivity index is 1.78. The Labute approximate surface area is 192 Å². The Morgan fingerprint density at radius 2 is 1.69 bits per heavy atom. The van der Waals surface area contributed by atoms with E-state index in [0.29, 0.717) is 15.8 Å². The molecule has 32 heavy (non-hydrogen) atoms. The Morgan fingerprint density at radius 1 is 1.00 bits per heavy atom. The zero-order chi connectivity index (χ0) is 23.5. The molecule has 0 bridgehead atoms. The van der Waals surface area contributed by atoms with E-state index in [9.17, 15) is 19.2 Å². The summed E-state index contributed by atoms with van der Waals surface area (Å²) in [5.41, 5.74) is 2.31. The molecule has 1 aromatic heterocycles. The van der Waals surface area contributed by atoms with Crippen LogP contribution in [-0.4, -0.2) is 50.1 Å². The third-order valence-corrected chi connectivity index (χ3v) is 4.02. The van der Waals surface area contributed by atoms with Crippen LogP contribution in [-0.2, 0) is 30.5 Å². The van der Waals surface area contributed by atoms with Crippen LogP contribution in [0.4, 0.5) is 5.69 Å². The number of halogens is 2. The van der Waals surface area contributed by atoms with Gasteiger partial charge in [0, 0.05) is 29.4 Å². The molecule has 0 saturated carbocycles. The number of furan rings is 1. The van der Waals surface area contributed by atoms with E-state index in [2.05, 4.69) is 21.1 Å². The minimum Gasteiger partial charge on any atom is -0.458 e. The highest BCUT2D eigenvalue weighted by atomic mass is 35.5. The fraction of sp³-hybridized carbons (Fsp3) is 0.211. The number of carbonyl (C=O) groups excluding carboxylic acids is 4. The van der Waals surface area contributed by atoms with Gasteiger partial charge in [-0.15, -0.1) is 0 Å². The van der Waals surface area contributed by atoms with Gasteiger partial charge in [-0.2, -0.15) is 5.10 Å². The van der Waals surface area contributed by atoms with E-state index in [1.165, 1.54) is 43.7 Å². The van der Waals surface area contributed by atoms with Gasteiger partial charge in [-0.1, -0.05) is 23.2 Å². The van der Waals surface area contributed by atoms with Crippen molar-refractivity contribution in [3.8, 4) is 0 Å². The van der Waals surface area contributed by atoms with Crippen LogP contribution < -0.4 is 21.4 Å². The summed E-state index contributed by atoms with van der Waals surface area (Å²) in [6.07, 6.45) is 1.17. The quantitative estimate of drug-likeness (QED) is 0.190. The number of benzene rings is 1. The summed E-state index contributed by atoms with van der Waals surface area (Å²) in [4.78, 5) is 46.9. The molecule has 1 aromatic carbocycles. The Hall–Kier alpha value is -3.41. The van der Waals surface area contributed by atoms with Crippen molar-refractivity contribution in [3.05, 3.63) is 51.9 Å². The topological polar surface area (TPSA) is 151 Å². The number of nitrogens with zero attached hydrogens (tertiary/aromatic N) is 1. The molecule has 2 aromatic rings. The number of hydrogen-bond donors (Lipinski definition) is 4. The molecule has 0 aliphatic carbocycles. The molecule has 0 atom stereocenters. The van der Waals surface area contributed by atoms with Crippen LogP contribution in [0.1, 0.15) is 11.5 Å². The molecule has 4 amide bonds. The number of hydrogen-bond acceptors (Lipinski definition) is 7. The van der Waals surface area contributed by atoms with Gasteiger partial charge < -0.3 is 25.1 Å². The van der Waals surface area contributed by atoms with Crippen molar-refractivity contribution in [1.29, 1.82) is 0 Å². The normalized spacial score (nSPS) is 10.6.